The van der Waals surface area contributed by atoms with Gasteiger partial charge in [-0.1, -0.05) is 53.6 Å². The van der Waals surface area contributed by atoms with Crippen LogP contribution in [0.25, 0.3) is 0 Å². The van der Waals surface area contributed by atoms with E-state index in [2.05, 4.69) is 17.4 Å². The van der Waals surface area contributed by atoms with Crippen LogP contribution in [-0.4, -0.2) is 12.6 Å². The molecule has 2 rings (SSSR count). The van der Waals surface area contributed by atoms with Gasteiger partial charge >= 0.3 is 5.97 Å². The molecule has 16 heavy (non-hydrogen) atoms. The largest absolute Gasteiger partial charge is 0.457 e. The van der Waals surface area contributed by atoms with Crippen molar-refractivity contribution in [3.8, 4) is 0 Å². The average molecular weight is 288 g/mol. The number of esters is 1. The predicted octanol–water partition coefficient (Wildman–Crippen LogP) is 4.11. The third-order valence-electron chi connectivity index (χ3n) is 1.62. The molecule has 0 N–H and O–H groups in total. The Hall–Kier alpha value is -0.170. The Morgan fingerprint density at radius 3 is 2.75 bits per heavy atom. The molecule has 2 aliphatic rings. The second-order valence-corrected chi connectivity index (χ2v) is 7.06. The number of ether oxygens (including phenoxy) is 1. The van der Waals surface area contributed by atoms with Crippen molar-refractivity contribution in [2.24, 2.45) is 0 Å². The maximum Gasteiger partial charge on any atom is 0.330 e. The van der Waals surface area contributed by atoms with Gasteiger partial charge in [-0.25, -0.2) is 4.79 Å². The monoisotopic (exact) mass is 288 g/mol. The van der Waals surface area contributed by atoms with E-state index in [4.69, 9.17) is 4.74 Å². The van der Waals surface area contributed by atoms with E-state index in [0.717, 1.165) is 4.91 Å². The number of carbonyl (C=O) groups excluding carboxylic acids is 1. The molecule has 0 amide bonds. The molecule has 0 saturated carbocycles. The zero-order valence-corrected chi connectivity index (χ0v) is 11.4. The maximum atomic E-state index is 10.9. The summed E-state index contributed by atoms with van der Waals surface area (Å²) in [6.07, 6.45) is 1.18. The summed E-state index contributed by atoms with van der Waals surface area (Å²) in [6.45, 7) is 3.69. The number of hydrogen-bond donors (Lipinski definition) is 0. The van der Waals surface area contributed by atoms with E-state index in [1.165, 1.54) is 14.6 Å². The van der Waals surface area contributed by atoms with E-state index in [-0.39, 0.29) is 5.97 Å². The molecule has 0 unspecified atom stereocenters. The van der Waals surface area contributed by atoms with Gasteiger partial charge in [0.2, 0.25) is 0 Å². The Balaban J connectivity index is 1.85. The summed E-state index contributed by atoms with van der Waals surface area (Å²) in [5.41, 5.74) is 0. The van der Waals surface area contributed by atoms with Crippen LogP contribution < -0.4 is 0 Å². The Bertz CT molecular complexity index is 399. The van der Waals surface area contributed by atoms with Gasteiger partial charge < -0.3 is 4.74 Å². The van der Waals surface area contributed by atoms with Crippen LogP contribution in [0.15, 0.2) is 42.3 Å². The van der Waals surface area contributed by atoms with Gasteiger partial charge in [0.15, 0.2) is 0 Å². The summed E-state index contributed by atoms with van der Waals surface area (Å²) in [7, 11) is 0. The fourth-order valence-corrected chi connectivity index (χ4v) is 5.34. The van der Waals surface area contributed by atoms with Gasteiger partial charge in [-0.2, -0.15) is 0 Å². The molecular formula is C10H8O2S4. The fourth-order valence-electron chi connectivity index (χ4n) is 0.944. The van der Waals surface area contributed by atoms with E-state index in [1.807, 2.05) is 5.41 Å². The standard InChI is InChI=1S/C10H8O2S4/c1-2-8(11)12-5-7-6-15-10(16-7)9-13-3-4-14-9/h2-4,6H,1,5H2. The van der Waals surface area contributed by atoms with Gasteiger partial charge in [0.05, 0.1) is 8.47 Å². The lowest BCUT2D eigenvalue weighted by Gasteiger charge is -2.03. The van der Waals surface area contributed by atoms with Gasteiger partial charge in [-0.15, -0.1) is 0 Å². The van der Waals surface area contributed by atoms with E-state index >= 15 is 0 Å². The Kier molecular flexibility index (Phi) is 4.57. The van der Waals surface area contributed by atoms with Crippen LogP contribution in [0.5, 0.6) is 0 Å². The highest BCUT2D eigenvalue weighted by Gasteiger charge is 2.19. The Morgan fingerprint density at radius 1 is 1.31 bits per heavy atom. The molecule has 0 aromatic rings. The van der Waals surface area contributed by atoms with Crippen molar-refractivity contribution in [1.29, 1.82) is 0 Å². The number of hydrogen-bond acceptors (Lipinski definition) is 6. The highest BCUT2D eigenvalue weighted by molar-refractivity contribution is 8.33. The SMILES string of the molecule is C=CC(=O)OCC1=CSC(=C2SC=CS2)S1. The molecule has 6 heteroatoms. The summed E-state index contributed by atoms with van der Waals surface area (Å²) >= 11 is 6.83. The first-order chi connectivity index (χ1) is 7.79. The molecule has 0 saturated heterocycles. The quantitative estimate of drug-likeness (QED) is 0.573. The predicted molar refractivity (Wildman–Crippen MR) is 75.8 cm³/mol. The number of carbonyl (C=O) groups is 1. The number of rotatable bonds is 3. The van der Waals surface area contributed by atoms with Crippen molar-refractivity contribution in [3.05, 3.63) is 42.3 Å². The highest BCUT2D eigenvalue weighted by atomic mass is 32.2. The van der Waals surface area contributed by atoms with Gasteiger partial charge in [0.25, 0.3) is 0 Å². The van der Waals surface area contributed by atoms with Crippen LogP contribution in [0.3, 0.4) is 0 Å². The molecule has 0 aliphatic carbocycles. The van der Waals surface area contributed by atoms with E-state index < -0.39 is 0 Å². The molecule has 2 heterocycles. The van der Waals surface area contributed by atoms with E-state index in [9.17, 15) is 4.79 Å². The summed E-state index contributed by atoms with van der Waals surface area (Å²) < 4.78 is 7.55. The van der Waals surface area contributed by atoms with E-state index in [1.54, 1.807) is 47.0 Å². The molecule has 2 aliphatic heterocycles. The highest BCUT2D eigenvalue weighted by Crippen LogP contribution is 2.52. The minimum Gasteiger partial charge on any atom is -0.457 e. The topological polar surface area (TPSA) is 26.3 Å². The lowest BCUT2D eigenvalue weighted by Crippen LogP contribution is -2.01. The molecule has 2 nitrogen and oxygen atoms in total. The second-order valence-electron chi connectivity index (χ2n) is 2.70. The van der Waals surface area contributed by atoms with E-state index in [0.29, 0.717) is 6.61 Å². The fraction of sp³-hybridized carbons (Fsp3) is 0.100. The summed E-state index contributed by atoms with van der Waals surface area (Å²) in [5.74, 6) is -0.376. The van der Waals surface area contributed by atoms with Crippen LogP contribution in [0.2, 0.25) is 0 Å². The molecular weight excluding hydrogens is 280 g/mol. The molecule has 0 atom stereocenters. The van der Waals surface area contributed by atoms with Gasteiger partial charge in [-0.05, 0) is 16.2 Å². The van der Waals surface area contributed by atoms with Crippen LogP contribution in [-0.2, 0) is 9.53 Å². The van der Waals surface area contributed by atoms with Crippen molar-refractivity contribution in [3.63, 3.8) is 0 Å². The van der Waals surface area contributed by atoms with Gasteiger partial charge in [-0.3, -0.25) is 0 Å². The zero-order valence-electron chi connectivity index (χ0n) is 8.17. The normalized spacial score (nSPS) is 18.9. The molecule has 0 spiro atoms. The van der Waals surface area contributed by atoms with Crippen molar-refractivity contribution >= 4 is 53.0 Å². The lowest BCUT2D eigenvalue weighted by atomic mass is 10.6. The van der Waals surface area contributed by atoms with Gasteiger partial charge in [0, 0.05) is 11.0 Å². The number of thioether (sulfide) groups is 4. The molecule has 0 aromatic heterocycles. The maximum absolute atomic E-state index is 10.9. The Labute approximate surface area is 111 Å². The van der Waals surface area contributed by atoms with Crippen molar-refractivity contribution < 1.29 is 9.53 Å². The summed E-state index contributed by atoms with van der Waals surface area (Å²) in [4.78, 5) is 12.0. The summed E-state index contributed by atoms with van der Waals surface area (Å²) in [6, 6.07) is 0. The smallest absolute Gasteiger partial charge is 0.330 e. The minimum absolute atomic E-state index is 0.335. The minimum atomic E-state index is -0.376. The third kappa shape index (κ3) is 3.16. The van der Waals surface area contributed by atoms with Crippen molar-refractivity contribution in [2.45, 2.75) is 0 Å². The molecule has 84 valence electrons. The first-order valence-corrected chi connectivity index (χ1v) is 7.80. The van der Waals surface area contributed by atoms with Crippen molar-refractivity contribution in [2.75, 3.05) is 6.61 Å². The van der Waals surface area contributed by atoms with Crippen LogP contribution in [0.1, 0.15) is 0 Å². The zero-order chi connectivity index (χ0) is 11.4. The average Bonchev–Trinajstić information content (AvgIpc) is 2.95. The molecule has 0 fully saturated rings. The van der Waals surface area contributed by atoms with Crippen LogP contribution >= 0.6 is 47.0 Å². The molecule has 0 radical (unpaired) electrons. The summed E-state index contributed by atoms with van der Waals surface area (Å²) in [5, 5.41) is 6.18. The Morgan fingerprint density at radius 2 is 2.06 bits per heavy atom. The van der Waals surface area contributed by atoms with Crippen molar-refractivity contribution in [1.82, 2.24) is 0 Å². The van der Waals surface area contributed by atoms with Crippen LogP contribution in [0.4, 0.5) is 0 Å². The molecule has 0 aromatic carbocycles. The van der Waals surface area contributed by atoms with Gasteiger partial charge in [0.1, 0.15) is 6.61 Å². The first-order valence-electron chi connectivity index (χ1n) is 4.35. The first kappa shape index (κ1) is 12.3. The third-order valence-corrected chi connectivity index (χ3v) is 6.66. The van der Waals surface area contributed by atoms with Crippen LogP contribution in [0, 0.1) is 0 Å². The molecule has 0 bridgehead atoms. The second kappa shape index (κ2) is 5.95. The lowest BCUT2D eigenvalue weighted by molar-refractivity contribution is -0.136.